The maximum absolute atomic E-state index is 12.7. The molecule has 2 amide bonds. The van der Waals surface area contributed by atoms with Crippen molar-refractivity contribution < 1.29 is 14.3 Å². The van der Waals surface area contributed by atoms with Crippen molar-refractivity contribution in [2.24, 2.45) is 0 Å². The highest BCUT2D eigenvalue weighted by atomic mass is 35.5. The van der Waals surface area contributed by atoms with Crippen LogP contribution in [0.1, 0.15) is 59.7 Å². The third-order valence-electron chi connectivity index (χ3n) is 4.84. The van der Waals surface area contributed by atoms with Crippen LogP contribution in [-0.4, -0.2) is 24.5 Å². The third-order valence-corrected chi connectivity index (χ3v) is 5.17. The fourth-order valence-corrected chi connectivity index (χ4v) is 3.62. The minimum Gasteiger partial charge on any atom is -0.493 e. The van der Waals surface area contributed by atoms with Crippen LogP contribution in [0.2, 0.25) is 5.02 Å². The topological polar surface area (TPSA) is 67.4 Å². The van der Waals surface area contributed by atoms with Gasteiger partial charge in [0.2, 0.25) is 0 Å². The molecular formula is C22H25ClN2O3. The number of amides is 2. The van der Waals surface area contributed by atoms with E-state index in [2.05, 4.69) is 10.6 Å². The lowest BCUT2D eigenvalue weighted by atomic mass is 9.95. The molecule has 0 atom stereocenters. The number of hydrogen-bond donors (Lipinski definition) is 2. The van der Waals surface area contributed by atoms with Gasteiger partial charge in [-0.05, 0) is 50.1 Å². The number of anilines is 1. The molecule has 0 radical (unpaired) electrons. The van der Waals surface area contributed by atoms with Gasteiger partial charge in [-0.1, -0.05) is 43.0 Å². The van der Waals surface area contributed by atoms with Gasteiger partial charge >= 0.3 is 0 Å². The van der Waals surface area contributed by atoms with Gasteiger partial charge in [0.15, 0.2) is 0 Å². The van der Waals surface area contributed by atoms with Crippen molar-refractivity contribution in [2.75, 3.05) is 11.9 Å². The lowest BCUT2D eigenvalue weighted by Crippen LogP contribution is -2.36. The summed E-state index contributed by atoms with van der Waals surface area (Å²) >= 11 is 6.24. The van der Waals surface area contributed by atoms with Crippen LogP contribution >= 0.6 is 11.6 Å². The molecule has 28 heavy (non-hydrogen) atoms. The molecule has 6 heteroatoms. The average Bonchev–Trinajstić information content (AvgIpc) is 2.70. The van der Waals surface area contributed by atoms with Crippen molar-refractivity contribution in [1.82, 2.24) is 5.32 Å². The lowest BCUT2D eigenvalue weighted by Gasteiger charge is -2.23. The second-order valence-corrected chi connectivity index (χ2v) is 7.29. The zero-order chi connectivity index (χ0) is 19.9. The van der Waals surface area contributed by atoms with Gasteiger partial charge in [-0.15, -0.1) is 0 Å². The minimum absolute atomic E-state index is 0.189. The van der Waals surface area contributed by atoms with E-state index in [9.17, 15) is 9.59 Å². The summed E-state index contributed by atoms with van der Waals surface area (Å²) < 4.78 is 5.52. The Labute approximate surface area is 170 Å². The maximum atomic E-state index is 12.7. The highest BCUT2D eigenvalue weighted by molar-refractivity contribution is 6.34. The summed E-state index contributed by atoms with van der Waals surface area (Å²) in [7, 11) is 0. The normalized spacial score (nSPS) is 14.4. The van der Waals surface area contributed by atoms with Gasteiger partial charge in [-0.2, -0.15) is 0 Å². The van der Waals surface area contributed by atoms with Crippen LogP contribution in [0, 0.1) is 0 Å². The molecule has 0 saturated heterocycles. The van der Waals surface area contributed by atoms with Gasteiger partial charge in [0.25, 0.3) is 11.8 Å². The van der Waals surface area contributed by atoms with Crippen molar-refractivity contribution in [3.8, 4) is 5.75 Å². The minimum atomic E-state index is -0.301. The van der Waals surface area contributed by atoms with Gasteiger partial charge in [0.05, 0.1) is 22.8 Å². The third kappa shape index (κ3) is 5.04. The van der Waals surface area contributed by atoms with Crippen molar-refractivity contribution in [3.63, 3.8) is 0 Å². The first-order chi connectivity index (χ1) is 13.6. The Morgan fingerprint density at radius 2 is 1.79 bits per heavy atom. The summed E-state index contributed by atoms with van der Waals surface area (Å²) in [5.74, 6) is 0.0134. The number of para-hydroxylation sites is 1. The number of benzene rings is 2. The number of carbonyl (C=O) groups excluding carboxylic acids is 2. The Hall–Kier alpha value is -2.53. The Kier molecular flexibility index (Phi) is 6.93. The molecule has 1 fully saturated rings. The monoisotopic (exact) mass is 400 g/mol. The quantitative estimate of drug-likeness (QED) is 0.712. The first-order valence-electron chi connectivity index (χ1n) is 9.72. The van der Waals surface area contributed by atoms with E-state index in [4.69, 9.17) is 16.3 Å². The van der Waals surface area contributed by atoms with Crippen molar-refractivity contribution in [1.29, 1.82) is 0 Å². The number of carbonyl (C=O) groups is 2. The van der Waals surface area contributed by atoms with Crippen LogP contribution in [0.4, 0.5) is 5.69 Å². The van der Waals surface area contributed by atoms with Gasteiger partial charge in [0.1, 0.15) is 5.75 Å². The van der Waals surface area contributed by atoms with E-state index in [1.54, 1.807) is 36.4 Å². The summed E-state index contributed by atoms with van der Waals surface area (Å²) in [6.07, 6.45) is 5.47. The maximum Gasteiger partial charge on any atom is 0.259 e. The second kappa shape index (κ2) is 9.60. The largest absolute Gasteiger partial charge is 0.493 e. The fourth-order valence-electron chi connectivity index (χ4n) is 3.42. The predicted molar refractivity (Wildman–Crippen MR) is 111 cm³/mol. The summed E-state index contributed by atoms with van der Waals surface area (Å²) in [5.41, 5.74) is 1.31. The van der Waals surface area contributed by atoms with E-state index in [1.807, 2.05) is 13.0 Å². The van der Waals surface area contributed by atoms with Crippen LogP contribution in [0.5, 0.6) is 5.75 Å². The highest BCUT2D eigenvalue weighted by Crippen LogP contribution is 2.24. The molecular weight excluding hydrogens is 376 g/mol. The number of halogens is 1. The summed E-state index contributed by atoms with van der Waals surface area (Å²) in [6, 6.07) is 12.2. The molecule has 0 heterocycles. The molecule has 0 unspecified atom stereocenters. The molecule has 1 saturated carbocycles. The van der Waals surface area contributed by atoms with Crippen LogP contribution < -0.4 is 15.4 Å². The zero-order valence-electron chi connectivity index (χ0n) is 16.0. The lowest BCUT2D eigenvalue weighted by molar-refractivity contribution is 0.0926. The molecule has 2 aromatic carbocycles. The first kappa shape index (κ1) is 20.2. The Balaban J connectivity index is 1.74. The van der Waals surface area contributed by atoms with E-state index >= 15 is 0 Å². The number of nitrogens with one attached hydrogen (secondary N) is 2. The Bertz CT molecular complexity index is 847. The van der Waals surface area contributed by atoms with Crippen LogP contribution in [0.3, 0.4) is 0 Å². The molecule has 2 aromatic rings. The predicted octanol–water partition coefficient (Wildman–Crippen LogP) is 5.05. The van der Waals surface area contributed by atoms with Crippen LogP contribution in [-0.2, 0) is 0 Å². The average molecular weight is 401 g/mol. The van der Waals surface area contributed by atoms with Gasteiger partial charge in [-0.25, -0.2) is 0 Å². The standard InChI is InChI=1S/C22H25ClN2O3/c1-2-28-20-11-7-6-10-17(20)21(26)25-16-12-13-19(23)18(14-16)22(27)24-15-8-4-3-5-9-15/h6-7,10-15H,2-5,8-9H2,1H3,(H,24,27)(H,25,26). The molecule has 2 N–H and O–H groups in total. The fraction of sp³-hybridized carbons (Fsp3) is 0.364. The van der Waals surface area contributed by atoms with Gasteiger partial charge in [0, 0.05) is 11.7 Å². The van der Waals surface area contributed by atoms with Crippen LogP contribution in [0.25, 0.3) is 0 Å². The molecule has 0 bridgehead atoms. The SMILES string of the molecule is CCOc1ccccc1C(=O)Nc1ccc(Cl)c(C(=O)NC2CCCCC2)c1. The number of hydrogen-bond acceptors (Lipinski definition) is 3. The highest BCUT2D eigenvalue weighted by Gasteiger charge is 2.19. The molecule has 0 aromatic heterocycles. The molecule has 0 aliphatic heterocycles. The van der Waals surface area contributed by atoms with Gasteiger partial charge in [-0.3, -0.25) is 9.59 Å². The van der Waals surface area contributed by atoms with Crippen molar-refractivity contribution in [3.05, 3.63) is 58.6 Å². The summed E-state index contributed by atoms with van der Waals surface area (Å²) in [4.78, 5) is 25.3. The van der Waals surface area contributed by atoms with Gasteiger partial charge < -0.3 is 15.4 Å². The van der Waals surface area contributed by atoms with E-state index < -0.39 is 0 Å². The number of rotatable bonds is 6. The molecule has 0 spiro atoms. The van der Waals surface area contributed by atoms with Crippen LogP contribution in [0.15, 0.2) is 42.5 Å². The molecule has 148 valence electrons. The summed E-state index contributed by atoms with van der Waals surface area (Å²) in [5, 5.41) is 6.25. The first-order valence-corrected chi connectivity index (χ1v) is 10.1. The second-order valence-electron chi connectivity index (χ2n) is 6.89. The Morgan fingerprint density at radius 3 is 2.54 bits per heavy atom. The van der Waals surface area contributed by atoms with E-state index in [1.165, 1.54) is 6.42 Å². The molecule has 5 nitrogen and oxygen atoms in total. The van der Waals surface area contributed by atoms with E-state index in [0.29, 0.717) is 34.2 Å². The molecule has 1 aliphatic rings. The smallest absolute Gasteiger partial charge is 0.259 e. The zero-order valence-corrected chi connectivity index (χ0v) is 16.7. The van der Waals surface area contributed by atoms with E-state index in [0.717, 1.165) is 25.7 Å². The summed E-state index contributed by atoms with van der Waals surface area (Å²) in [6.45, 7) is 2.34. The van der Waals surface area contributed by atoms with E-state index in [-0.39, 0.29) is 17.9 Å². The molecule has 1 aliphatic carbocycles. The Morgan fingerprint density at radius 1 is 1.04 bits per heavy atom. The number of ether oxygens (including phenoxy) is 1. The molecule has 3 rings (SSSR count). The van der Waals surface area contributed by atoms with Crippen molar-refractivity contribution >= 4 is 29.1 Å². The van der Waals surface area contributed by atoms with Crippen molar-refractivity contribution in [2.45, 2.75) is 45.1 Å².